The van der Waals surface area contributed by atoms with Gasteiger partial charge in [-0.2, -0.15) is 0 Å². The van der Waals surface area contributed by atoms with Gasteiger partial charge in [0.1, 0.15) is 0 Å². The molecule has 0 atom stereocenters. The third kappa shape index (κ3) is 0.810. The van der Waals surface area contributed by atoms with Crippen LogP contribution in [0.3, 0.4) is 0 Å². The Labute approximate surface area is 45.0 Å². The van der Waals surface area contributed by atoms with Gasteiger partial charge in [-0.25, -0.2) is 0 Å². The lowest BCUT2D eigenvalue weighted by molar-refractivity contribution is -0.779. The lowest BCUT2D eigenvalue weighted by Gasteiger charge is -1.89. The fourth-order valence-corrected chi connectivity index (χ4v) is 0.327. The van der Waals surface area contributed by atoms with E-state index in [1.54, 1.807) is 0 Å². The van der Waals surface area contributed by atoms with Crippen LogP contribution in [0.5, 0.6) is 0 Å². The topological polar surface area (TPSA) is 66.8 Å². The van der Waals surface area contributed by atoms with Gasteiger partial charge in [-0.15, -0.1) is 4.73 Å². The summed E-state index contributed by atoms with van der Waals surface area (Å²) in [5.74, 6) is 0. The van der Waals surface area contributed by atoms with Crippen LogP contribution in [-0.2, 0) is 0 Å². The molecule has 0 aliphatic carbocycles. The van der Waals surface area contributed by atoms with Crippen LogP contribution in [-0.4, -0.2) is 5.10 Å². The molecule has 1 heterocycles. The summed E-state index contributed by atoms with van der Waals surface area (Å²) in [6, 6.07) is 0. The molecule has 0 radical (unpaired) electrons. The normalized spacial score (nSPS) is 9.00. The second-order valence-electron chi connectivity index (χ2n) is 1.19. The van der Waals surface area contributed by atoms with Crippen LogP contribution in [0.15, 0.2) is 18.7 Å². The van der Waals surface area contributed by atoms with Gasteiger partial charge in [0.25, 0.3) is 0 Å². The number of rotatable bonds is 0. The minimum absolute atomic E-state index is 0.188. The summed E-state index contributed by atoms with van der Waals surface area (Å²) in [5.41, 5.74) is 0. The van der Waals surface area contributed by atoms with Gasteiger partial charge in [-0.3, -0.25) is 0 Å². The Morgan fingerprint density at radius 1 is 1.38 bits per heavy atom. The van der Waals surface area contributed by atoms with Crippen molar-refractivity contribution in [3.05, 3.63) is 29.1 Å². The molecule has 0 aromatic carbocycles. The van der Waals surface area contributed by atoms with Crippen molar-refractivity contribution in [1.29, 1.82) is 0 Å². The summed E-state index contributed by atoms with van der Waals surface area (Å²) in [5, 5.41) is 23.4. The lowest BCUT2D eigenvalue weighted by atomic mass is 10.9. The van der Waals surface area contributed by atoms with Gasteiger partial charge in [-0.05, 0) is 0 Å². The zero-order valence-corrected chi connectivity index (χ0v) is 3.89. The van der Waals surface area contributed by atoms with Crippen LogP contribution in [0.25, 0.3) is 0 Å². The molecule has 0 bridgehead atoms. The summed E-state index contributed by atoms with van der Waals surface area (Å²) >= 11 is 0. The molecule has 0 N–H and O–H groups in total. The second-order valence-corrected chi connectivity index (χ2v) is 1.19. The molecule has 1 aromatic rings. The van der Waals surface area contributed by atoms with Crippen molar-refractivity contribution in [1.82, 2.24) is 5.10 Å². The number of hydrogen-bond donors (Lipinski definition) is 0. The second kappa shape index (κ2) is 1.61. The van der Waals surface area contributed by atoms with Crippen LogP contribution in [0.1, 0.15) is 0 Å². The van der Waals surface area contributed by atoms with Crippen LogP contribution in [0.4, 0.5) is 0 Å². The summed E-state index contributed by atoms with van der Waals surface area (Å²) in [6.45, 7) is 0. The molecular formula is C3H3N3O2. The average molecular weight is 113 g/mol. The van der Waals surface area contributed by atoms with Crippen LogP contribution < -0.4 is 9.58 Å². The summed E-state index contributed by atoms with van der Waals surface area (Å²) in [6.07, 6.45) is 3.04. The maximum Gasteiger partial charge on any atom is 0.455 e. The van der Waals surface area contributed by atoms with E-state index in [-0.39, 0.29) is 4.85 Å². The van der Waals surface area contributed by atoms with E-state index in [2.05, 4.69) is 5.10 Å². The Hall–Kier alpha value is -1.39. The van der Waals surface area contributed by atoms with Crippen molar-refractivity contribution in [3.63, 3.8) is 0 Å². The first kappa shape index (κ1) is 4.76. The Bertz CT molecular complexity index is 172. The molecule has 1 aromatic heterocycles. The van der Waals surface area contributed by atoms with Crippen molar-refractivity contribution < 1.29 is 9.58 Å². The fraction of sp³-hybridized carbons (Fsp3) is 0. The first-order valence-corrected chi connectivity index (χ1v) is 1.93. The molecule has 0 spiro atoms. The highest BCUT2D eigenvalue weighted by atomic mass is 16.5. The molecule has 0 fully saturated rings. The Balaban J connectivity index is 3.08. The SMILES string of the molecule is [O-][n+]1ccn[n+]([O-])c1. The van der Waals surface area contributed by atoms with Crippen LogP contribution in [0, 0.1) is 10.4 Å². The molecule has 5 nitrogen and oxygen atoms in total. The summed E-state index contributed by atoms with van der Waals surface area (Å²) in [4.78, 5) is 0.188. The molecule has 1 rings (SSSR count). The zero-order chi connectivity index (χ0) is 5.98. The highest BCUT2D eigenvalue weighted by Gasteiger charge is 1.91. The van der Waals surface area contributed by atoms with Gasteiger partial charge in [0.15, 0.2) is 6.20 Å². The third-order valence-electron chi connectivity index (χ3n) is 0.607. The Morgan fingerprint density at radius 2 is 2.12 bits per heavy atom. The minimum Gasteiger partial charge on any atom is -0.614 e. The van der Waals surface area contributed by atoms with E-state index in [0.29, 0.717) is 4.73 Å². The Morgan fingerprint density at radius 3 is 2.50 bits per heavy atom. The van der Waals surface area contributed by atoms with Crippen molar-refractivity contribution in [3.8, 4) is 0 Å². The first-order valence-electron chi connectivity index (χ1n) is 1.93. The van der Waals surface area contributed by atoms with Gasteiger partial charge in [0.2, 0.25) is 6.20 Å². The lowest BCUT2D eigenvalue weighted by Crippen LogP contribution is -2.42. The van der Waals surface area contributed by atoms with E-state index in [1.807, 2.05) is 0 Å². The quantitative estimate of drug-likeness (QED) is 0.299. The van der Waals surface area contributed by atoms with Crippen LogP contribution >= 0.6 is 0 Å². The maximum atomic E-state index is 10.1. The standard InChI is InChI=1S/C3H3N3O2/c7-5-2-1-4-6(8)3-5/h1-3H. The van der Waals surface area contributed by atoms with Gasteiger partial charge in [0, 0.05) is 9.94 Å². The monoisotopic (exact) mass is 113 g/mol. The predicted octanol–water partition coefficient (Wildman–Crippen LogP) is -1.65. The molecule has 0 aliphatic rings. The maximum absolute atomic E-state index is 10.1. The Kier molecular flexibility index (Phi) is 0.957. The molecule has 0 aliphatic heterocycles. The van der Waals surface area contributed by atoms with Gasteiger partial charge >= 0.3 is 6.33 Å². The van der Waals surface area contributed by atoms with Crippen molar-refractivity contribution in [2.75, 3.05) is 0 Å². The van der Waals surface area contributed by atoms with E-state index >= 15 is 0 Å². The first-order chi connectivity index (χ1) is 3.79. The van der Waals surface area contributed by atoms with E-state index in [4.69, 9.17) is 0 Å². The molecule has 0 amide bonds. The van der Waals surface area contributed by atoms with E-state index in [0.717, 1.165) is 18.7 Å². The van der Waals surface area contributed by atoms with E-state index in [1.165, 1.54) is 0 Å². The highest BCUT2D eigenvalue weighted by molar-refractivity contribution is 4.47. The molecule has 42 valence electrons. The fourth-order valence-electron chi connectivity index (χ4n) is 0.327. The molecule has 0 unspecified atom stereocenters. The predicted molar refractivity (Wildman–Crippen MR) is 22.2 cm³/mol. The smallest absolute Gasteiger partial charge is 0.455 e. The van der Waals surface area contributed by atoms with Crippen LogP contribution in [0.2, 0.25) is 0 Å². The zero-order valence-electron chi connectivity index (χ0n) is 3.89. The number of nitrogens with zero attached hydrogens (tertiary/aromatic N) is 3. The molecule has 8 heavy (non-hydrogen) atoms. The van der Waals surface area contributed by atoms with E-state index in [9.17, 15) is 10.4 Å². The summed E-state index contributed by atoms with van der Waals surface area (Å²) in [7, 11) is 0. The number of aromatic nitrogens is 3. The average Bonchev–Trinajstić information content (AvgIpc) is 1.64. The van der Waals surface area contributed by atoms with Crippen molar-refractivity contribution >= 4 is 0 Å². The van der Waals surface area contributed by atoms with Gasteiger partial charge in [0.05, 0.1) is 0 Å². The van der Waals surface area contributed by atoms with Crippen molar-refractivity contribution in [2.24, 2.45) is 0 Å². The highest BCUT2D eigenvalue weighted by Crippen LogP contribution is 1.56. The largest absolute Gasteiger partial charge is 0.614 e. The summed E-state index contributed by atoms with van der Waals surface area (Å²) < 4.78 is 0.375. The minimum atomic E-state index is 0.188. The van der Waals surface area contributed by atoms with Gasteiger partial charge in [-0.1, -0.05) is 0 Å². The molecule has 0 saturated heterocycles. The third-order valence-corrected chi connectivity index (χ3v) is 0.607. The molecule has 0 saturated carbocycles. The van der Waals surface area contributed by atoms with E-state index < -0.39 is 0 Å². The van der Waals surface area contributed by atoms with Crippen molar-refractivity contribution in [2.45, 2.75) is 0 Å². The van der Waals surface area contributed by atoms with Gasteiger partial charge < -0.3 is 10.4 Å². The number of hydrogen-bond acceptors (Lipinski definition) is 3. The molecule has 5 heteroatoms. The molecular weight excluding hydrogens is 110 g/mol.